The number of hydrogen-bond acceptors (Lipinski definition) is 4. The van der Waals surface area contributed by atoms with E-state index in [1.54, 1.807) is 4.68 Å². The smallest absolute Gasteiger partial charge is 0.263 e. The van der Waals surface area contributed by atoms with Crippen LogP contribution in [0.2, 0.25) is 0 Å². The normalized spacial score (nSPS) is 11.7. The number of halogens is 3. The molecule has 0 spiro atoms. The zero-order valence-corrected chi connectivity index (χ0v) is 17.7. The van der Waals surface area contributed by atoms with E-state index in [0.29, 0.717) is 17.4 Å². The molecule has 0 fully saturated rings. The molecule has 2 aromatic carbocycles. The quantitative estimate of drug-likeness (QED) is 0.313. The maximum absolute atomic E-state index is 14.7. The van der Waals surface area contributed by atoms with Crippen molar-refractivity contribution in [1.82, 2.24) is 14.8 Å². The highest BCUT2D eigenvalue weighted by Crippen LogP contribution is 2.25. The van der Waals surface area contributed by atoms with Gasteiger partial charge in [0.05, 0.1) is 18.3 Å². The van der Waals surface area contributed by atoms with Crippen LogP contribution < -0.4 is 4.72 Å². The lowest BCUT2D eigenvalue weighted by Crippen LogP contribution is -2.16. The number of hydrogen-bond donors (Lipinski definition) is 1. The average molecular weight is 526 g/mol. The summed E-state index contributed by atoms with van der Waals surface area (Å²) in [5.41, 5.74) is 1.47. The third-order valence-electron chi connectivity index (χ3n) is 4.22. The van der Waals surface area contributed by atoms with Crippen molar-refractivity contribution in [2.24, 2.45) is 0 Å². The summed E-state index contributed by atoms with van der Waals surface area (Å²) < 4.78 is 57.8. The fraction of sp³-hybridized carbons (Fsp3) is 0.0526. The maximum atomic E-state index is 14.7. The van der Waals surface area contributed by atoms with Crippen LogP contribution in [-0.4, -0.2) is 23.2 Å². The first-order valence-electron chi connectivity index (χ1n) is 8.37. The molecule has 29 heavy (non-hydrogen) atoms. The average Bonchev–Trinajstić information content (AvgIpc) is 3.04. The van der Waals surface area contributed by atoms with Gasteiger partial charge in [0.25, 0.3) is 10.0 Å². The van der Waals surface area contributed by atoms with E-state index in [1.165, 1.54) is 24.4 Å². The van der Waals surface area contributed by atoms with Crippen LogP contribution in [0.4, 0.5) is 14.6 Å². The number of pyridine rings is 1. The standard InChI is InChI=1S/C19H13F2IN4O2S/c20-14-9-16-13(10-23-26(16)11-12-4-1-2-5-15(12)22)8-17(14)29(27,28)25-19-7-3-6-18(21)24-19/h1-10H,11H2,(H,24,25). The Kier molecular flexibility index (Phi) is 5.21. The molecule has 2 aromatic heterocycles. The summed E-state index contributed by atoms with van der Waals surface area (Å²) in [5, 5.41) is 4.72. The minimum Gasteiger partial charge on any atom is -0.263 e. The van der Waals surface area contributed by atoms with Gasteiger partial charge in [-0.2, -0.15) is 9.49 Å². The summed E-state index contributed by atoms with van der Waals surface area (Å²) in [6, 6.07) is 13.7. The lowest BCUT2D eigenvalue weighted by Gasteiger charge is -2.10. The van der Waals surface area contributed by atoms with Crippen LogP contribution in [-0.2, 0) is 16.6 Å². The molecule has 0 saturated heterocycles. The molecule has 0 aliphatic heterocycles. The van der Waals surface area contributed by atoms with Crippen molar-refractivity contribution in [2.45, 2.75) is 11.4 Å². The SMILES string of the molecule is O=S(=O)(Nc1cccc(F)n1)c1cc2cnn(Cc3ccccc3I)c2cc1F. The molecule has 10 heteroatoms. The minimum absolute atomic E-state index is 0.237. The summed E-state index contributed by atoms with van der Waals surface area (Å²) in [7, 11) is -4.30. The first-order chi connectivity index (χ1) is 13.8. The molecule has 0 saturated carbocycles. The van der Waals surface area contributed by atoms with Gasteiger partial charge in [0.1, 0.15) is 16.5 Å². The predicted octanol–water partition coefficient (Wildman–Crippen LogP) is 4.16. The summed E-state index contributed by atoms with van der Waals surface area (Å²) >= 11 is 2.21. The lowest BCUT2D eigenvalue weighted by molar-refractivity contribution is 0.570. The highest BCUT2D eigenvalue weighted by atomic mass is 127. The molecule has 6 nitrogen and oxygen atoms in total. The molecular formula is C19H13F2IN4O2S. The third kappa shape index (κ3) is 4.08. The number of rotatable bonds is 5. The number of nitrogens with zero attached hydrogens (tertiary/aromatic N) is 3. The Bertz CT molecular complexity index is 1330. The first-order valence-corrected chi connectivity index (χ1v) is 10.9. The van der Waals surface area contributed by atoms with Gasteiger partial charge < -0.3 is 0 Å². The largest absolute Gasteiger partial charge is 0.265 e. The molecule has 0 bridgehead atoms. The van der Waals surface area contributed by atoms with Gasteiger partial charge >= 0.3 is 0 Å². The van der Waals surface area contributed by atoms with Crippen LogP contribution in [0.25, 0.3) is 10.9 Å². The van der Waals surface area contributed by atoms with Crippen LogP contribution in [0.1, 0.15) is 5.56 Å². The molecular weight excluding hydrogens is 513 g/mol. The topological polar surface area (TPSA) is 76.9 Å². The zero-order valence-electron chi connectivity index (χ0n) is 14.7. The van der Waals surface area contributed by atoms with Gasteiger partial charge in [-0.25, -0.2) is 17.8 Å². The van der Waals surface area contributed by atoms with E-state index in [2.05, 4.69) is 37.4 Å². The van der Waals surface area contributed by atoms with E-state index >= 15 is 0 Å². The number of sulfonamides is 1. The van der Waals surface area contributed by atoms with Gasteiger partial charge in [-0.3, -0.25) is 9.40 Å². The maximum Gasteiger partial charge on any atom is 0.265 e. The third-order valence-corrected chi connectivity index (χ3v) is 6.64. The fourth-order valence-corrected chi connectivity index (χ4v) is 4.51. The van der Waals surface area contributed by atoms with Crippen molar-refractivity contribution >= 4 is 49.3 Å². The predicted molar refractivity (Wildman–Crippen MR) is 113 cm³/mol. The van der Waals surface area contributed by atoms with E-state index < -0.39 is 26.7 Å². The van der Waals surface area contributed by atoms with E-state index in [-0.39, 0.29) is 5.82 Å². The Morgan fingerprint density at radius 2 is 1.86 bits per heavy atom. The molecule has 0 unspecified atom stereocenters. The zero-order chi connectivity index (χ0) is 20.6. The fourth-order valence-electron chi connectivity index (χ4n) is 2.86. The molecule has 0 aliphatic carbocycles. The molecule has 0 amide bonds. The Morgan fingerprint density at radius 3 is 2.62 bits per heavy atom. The second kappa shape index (κ2) is 7.67. The van der Waals surface area contributed by atoms with E-state index in [1.807, 2.05) is 24.3 Å². The molecule has 2 heterocycles. The molecule has 1 N–H and O–H groups in total. The van der Waals surface area contributed by atoms with Crippen LogP contribution >= 0.6 is 22.6 Å². The summed E-state index contributed by atoms with van der Waals surface area (Å²) in [4.78, 5) is 2.87. The van der Waals surface area contributed by atoms with Gasteiger partial charge in [-0.05, 0) is 52.4 Å². The van der Waals surface area contributed by atoms with Gasteiger partial charge in [0, 0.05) is 15.0 Å². The molecule has 0 aliphatic rings. The van der Waals surface area contributed by atoms with Gasteiger partial charge in [-0.1, -0.05) is 24.3 Å². The van der Waals surface area contributed by atoms with E-state index in [0.717, 1.165) is 21.3 Å². The second-order valence-corrected chi connectivity index (χ2v) is 9.00. The van der Waals surface area contributed by atoms with E-state index in [9.17, 15) is 17.2 Å². The molecule has 148 valence electrons. The highest BCUT2D eigenvalue weighted by molar-refractivity contribution is 14.1. The first kappa shape index (κ1) is 19.7. The molecule has 0 radical (unpaired) electrons. The summed E-state index contributed by atoms with van der Waals surface area (Å²) in [6.45, 7) is 0.416. The van der Waals surface area contributed by atoms with Crippen LogP contribution in [0, 0.1) is 15.3 Å². The lowest BCUT2D eigenvalue weighted by atomic mass is 10.2. The van der Waals surface area contributed by atoms with Crippen LogP contribution in [0.15, 0.2) is 65.7 Å². The van der Waals surface area contributed by atoms with Crippen molar-refractivity contribution in [3.63, 3.8) is 0 Å². The number of nitrogens with one attached hydrogen (secondary N) is 1. The van der Waals surface area contributed by atoms with Gasteiger partial charge in [0.2, 0.25) is 5.95 Å². The van der Waals surface area contributed by atoms with Crippen LogP contribution in [0.5, 0.6) is 0 Å². The number of benzene rings is 2. The molecule has 4 aromatic rings. The minimum atomic E-state index is -4.30. The van der Waals surface area contributed by atoms with Crippen molar-refractivity contribution < 1.29 is 17.2 Å². The van der Waals surface area contributed by atoms with Crippen molar-refractivity contribution in [3.8, 4) is 0 Å². The number of aromatic nitrogens is 3. The van der Waals surface area contributed by atoms with Crippen molar-refractivity contribution in [1.29, 1.82) is 0 Å². The van der Waals surface area contributed by atoms with Crippen molar-refractivity contribution in [3.05, 3.63) is 81.7 Å². The molecule has 0 atom stereocenters. The Morgan fingerprint density at radius 1 is 1.07 bits per heavy atom. The molecule has 4 rings (SSSR count). The Labute approximate surface area is 178 Å². The van der Waals surface area contributed by atoms with Crippen LogP contribution in [0.3, 0.4) is 0 Å². The summed E-state index contributed by atoms with van der Waals surface area (Å²) in [5.74, 6) is -2.03. The number of anilines is 1. The Hall–Kier alpha value is -2.60. The Balaban J connectivity index is 1.70. The van der Waals surface area contributed by atoms with Crippen molar-refractivity contribution in [2.75, 3.05) is 4.72 Å². The monoisotopic (exact) mass is 526 g/mol. The van der Waals surface area contributed by atoms with Gasteiger partial charge in [0.15, 0.2) is 0 Å². The van der Waals surface area contributed by atoms with E-state index in [4.69, 9.17) is 0 Å². The van der Waals surface area contributed by atoms with Gasteiger partial charge in [-0.15, -0.1) is 0 Å². The highest BCUT2D eigenvalue weighted by Gasteiger charge is 2.22. The number of fused-ring (bicyclic) bond motifs is 1. The summed E-state index contributed by atoms with van der Waals surface area (Å²) in [6.07, 6.45) is 1.48. The second-order valence-electron chi connectivity index (χ2n) is 6.19.